The Kier molecular flexibility index (Phi) is 4.94. The maximum Gasteiger partial charge on any atom is 0.187 e. The number of nitrogens with zero attached hydrogens (tertiary/aromatic N) is 2. The fourth-order valence-corrected chi connectivity index (χ4v) is 4.98. The third kappa shape index (κ3) is 3.36. The second kappa shape index (κ2) is 8.39. The Bertz CT molecular complexity index is 1450. The van der Waals surface area contributed by atoms with Gasteiger partial charge in [-0.25, -0.2) is 4.85 Å². The van der Waals surface area contributed by atoms with Crippen LogP contribution in [0.4, 0.5) is 22.7 Å². The number of anilines is 3. The molecule has 1 aliphatic rings. The van der Waals surface area contributed by atoms with Gasteiger partial charge in [-0.05, 0) is 52.1 Å². The Labute approximate surface area is 200 Å². The molecule has 1 aliphatic heterocycles. The molecule has 6 rings (SSSR count). The third-order valence-corrected chi connectivity index (χ3v) is 6.57. The monoisotopic (exact) mass is 434 g/mol. The summed E-state index contributed by atoms with van der Waals surface area (Å²) in [4.78, 5) is 5.87. The van der Waals surface area contributed by atoms with E-state index in [1.807, 2.05) is 24.3 Å². The molecule has 0 fully saturated rings. The maximum atomic E-state index is 7.17. The average Bonchev–Trinajstić information content (AvgIpc) is 2.92. The van der Waals surface area contributed by atoms with Gasteiger partial charge in [-0.2, -0.15) is 0 Å². The van der Waals surface area contributed by atoms with Crippen molar-refractivity contribution in [2.45, 2.75) is 5.92 Å². The Hall–Kier alpha value is -4.61. The van der Waals surface area contributed by atoms with Gasteiger partial charge in [0, 0.05) is 11.6 Å². The van der Waals surface area contributed by atoms with Gasteiger partial charge in [0.1, 0.15) is 0 Å². The molecular formula is C32H22N2. The zero-order chi connectivity index (χ0) is 22.9. The summed E-state index contributed by atoms with van der Waals surface area (Å²) < 4.78 is 0. The summed E-state index contributed by atoms with van der Waals surface area (Å²) in [6, 6.07) is 44.7. The lowest BCUT2D eigenvalue weighted by Gasteiger charge is -2.38. The molecule has 0 saturated carbocycles. The van der Waals surface area contributed by atoms with Crippen LogP contribution < -0.4 is 4.90 Å². The first-order valence-electron chi connectivity index (χ1n) is 11.4. The minimum atomic E-state index is 0.199. The number of para-hydroxylation sites is 2. The summed E-state index contributed by atoms with van der Waals surface area (Å²) in [6.45, 7) is 7.17. The topological polar surface area (TPSA) is 7.60 Å². The standard InChI is InChI=1S/C32H22N2/c1-33-26-19-15-23(16-20-26)24-17-21-27(22-18-24)34-30-13-7-5-11-28(30)32(25-9-3-2-4-10-25)29-12-6-8-14-31(29)34/h2-22,32H. The Morgan fingerprint density at radius 3 is 1.59 bits per heavy atom. The molecule has 0 aromatic heterocycles. The second-order valence-corrected chi connectivity index (χ2v) is 8.50. The van der Waals surface area contributed by atoms with Crippen LogP contribution >= 0.6 is 0 Å². The molecule has 0 N–H and O–H groups in total. The molecule has 0 atom stereocenters. The molecule has 0 spiro atoms. The quantitative estimate of drug-likeness (QED) is 0.252. The highest BCUT2D eigenvalue weighted by Crippen LogP contribution is 2.51. The van der Waals surface area contributed by atoms with E-state index in [0.29, 0.717) is 5.69 Å². The van der Waals surface area contributed by atoms with E-state index in [-0.39, 0.29) is 5.92 Å². The van der Waals surface area contributed by atoms with Crippen molar-refractivity contribution in [3.8, 4) is 11.1 Å². The van der Waals surface area contributed by atoms with E-state index in [1.165, 1.54) is 28.1 Å². The molecule has 2 heteroatoms. The second-order valence-electron chi connectivity index (χ2n) is 8.50. The lowest BCUT2D eigenvalue weighted by molar-refractivity contribution is 0.939. The zero-order valence-corrected chi connectivity index (χ0v) is 18.6. The third-order valence-electron chi connectivity index (χ3n) is 6.57. The highest BCUT2D eigenvalue weighted by molar-refractivity contribution is 5.86. The minimum Gasteiger partial charge on any atom is -0.310 e. The van der Waals surface area contributed by atoms with E-state index >= 15 is 0 Å². The molecule has 5 aromatic rings. The van der Waals surface area contributed by atoms with Gasteiger partial charge in [0.2, 0.25) is 0 Å². The molecule has 160 valence electrons. The molecule has 0 saturated heterocycles. The van der Waals surface area contributed by atoms with Gasteiger partial charge in [0.05, 0.1) is 17.9 Å². The highest BCUT2D eigenvalue weighted by atomic mass is 15.2. The van der Waals surface area contributed by atoms with Gasteiger partial charge in [0.25, 0.3) is 0 Å². The number of hydrogen-bond donors (Lipinski definition) is 0. The first kappa shape index (κ1) is 20.0. The van der Waals surface area contributed by atoms with Crippen LogP contribution in [0.5, 0.6) is 0 Å². The number of rotatable bonds is 3. The molecule has 0 radical (unpaired) electrons. The van der Waals surface area contributed by atoms with Crippen LogP contribution in [0.25, 0.3) is 16.0 Å². The Morgan fingerprint density at radius 1 is 0.529 bits per heavy atom. The summed E-state index contributed by atoms with van der Waals surface area (Å²) in [6.07, 6.45) is 0. The van der Waals surface area contributed by atoms with Crippen molar-refractivity contribution in [1.29, 1.82) is 0 Å². The van der Waals surface area contributed by atoms with Crippen LogP contribution in [0.1, 0.15) is 22.6 Å². The summed E-state index contributed by atoms with van der Waals surface area (Å²) in [5.74, 6) is 0.199. The normalized spacial score (nSPS) is 12.5. The van der Waals surface area contributed by atoms with Crippen LogP contribution in [0.2, 0.25) is 0 Å². The zero-order valence-electron chi connectivity index (χ0n) is 18.6. The molecule has 0 aliphatic carbocycles. The maximum absolute atomic E-state index is 7.17. The summed E-state index contributed by atoms with van der Waals surface area (Å²) in [5.41, 5.74) is 10.4. The fourth-order valence-electron chi connectivity index (χ4n) is 4.98. The van der Waals surface area contributed by atoms with E-state index < -0.39 is 0 Å². The lowest BCUT2D eigenvalue weighted by atomic mass is 9.80. The Balaban J connectivity index is 1.47. The number of fused-ring (bicyclic) bond motifs is 2. The summed E-state index contributed by atoms with van der Waals surface area (Å²) in [7, 11) is 0. The van der Waals surface area contributed by atoms with E-state index in [0.717, 1.165) is 16.8 Å². The van der Waals surface area contributed by atoms with Crippen LogP contribution in [0.15, 0.2) is 127 Å². The van der Waals surface area contributed by atoms with Gasteiger partial charge < -0.3 is 4.90 Å². The van der Waals surface area contributed by atoms with Crippen LogP contribution in [0.3, 0.4) is 0 Å². The van der Waals surface area contributed by atoms with Crippen molar-refractivity contribution in [3.63, 3.8) is 0 Å². The number of benzene rings is 5. The first-order valence-corrected chi connectivity index (χ1v) is 11.4. The van der Waals surface area contributed by atoms with Gasteiger partial charge in [-0.15, -0.1) is 0 Å². The van der Waals surface area contributed by atoms with Crippen LogP contribution in [0, 0.1) is 6.57 Å². The molecule has 0 amide bonds. The molecule has 2 nitrogen and oxygen atoms in total. The van der Waals surface area contributed by atoms with E-state index in [4.69, 9.17) is 6.57 Å². The van der Waals surface area contributed by atoms with Crippen molar-refractivity contribution in [3.05, 3.63) is 156 Å². The average molecular weight is 435 g/mol. The molecule has 1 heterocycles. The van der Waals surface area contributed by atoms with E-state index in [2.05, 4.69) is 113 Å². The molecule has 0 unspecified atom stereocenters. The van der Waals surface area contributed by atoms with E-state index in [1.54, 1.807) is 0 Å². The molecule has 34 heavy (non-hydrogen) atoms. The Morgan fingerprint density at radius 2 is 1.03 bits per heavy atom. The number of hydrogen-bond acceptors (Lipinski definition) is 1. The van der Waals surface area contributed by atoms with E-state index in [9.17, 15) is 0 Å². The van der Waals surface area contributed by atoms with Crippen LogP contribution in [-0.4, -0.2) is 0 Å². The predicted octanol–water partition coefficient (Wildman–Crippen LogP) is 8.87. The highest BCUT2D eigenvalue weighted by Gasteiger charge is 2.31. The molecule has 0 bridgehead atoms. The van der Waals surface area contributed by atoms with Crippen molar-refractivity contribution >= 4 is 22.7 Å². The predicted molar refractivity (Wildman–Crippen MR) is 140 cm³/mol. The minimum absolute atomic E-state index is 0.199. The lowest BCUT2D eigenvalue weighted by Crippen LogP contribution is -2.22. The van der Waals surface area contributed by atoms with Crippen molar-refractivity contribution in [2.75, 3.05) is 4.90 Å². The fraction of sp³-hybridized carbons (Fsp3) is 0.0312. The molecule has 5 aromatic carbocycles. The largest absolute Gasteiger partial charge is 0.310 e. The van der Waals surface area contributed by atoms with Crippen molar-refractivity contribution in [1.82, 2.24) is 0 Å². The smallest absolute Gasteiger partial charge is 0.187 e. The van der Waals surface area contributed by atoms with Crippen molar-refractivity contribution in [2.24, 2.45) is 0 Å². The first-order chi connectivity index (χ1) is 16.8. The van der Waals surface area contributed by atoms with Gasteiger partial charge in [-0.1, -0.05) is 103 Å². The van der Waals surface area contributed by atoms with Gasteiger partial charge in [0.15, 0.2) is 5.69 Å². The SMILES string of the molecule is [C-]#[N+]c1ccc(-c2ccc(N3c4ccccc4C(c4ccccc4)c4ccccc43)cc2)cc1. The summed E-state index contributed by atoms with van der Waals surface area (Å²) in [5, 5.41) is 0. The van der Waals surface area contributed by atoms with Gasteiger partial charge in [-0.3, -0.25) is 0 Å². The summed E-state index contributed by atoms with van der Waals surface area (Å²) >= 11 is 0. The van der Waals surface area contributed by atoms with Crippen molar-refractivity contribution < 1.29 is 0 Å². The van der Waals surface area contributed by atoms with Crippen LogP contribution in [-0.2, 0) is 0 Å². The van der Waals surface area contributed by atoms with Gasteiger partial charge >= 0.3 is 0 Å². The molecular weight excluding hydrogens is 412 g/mol.